The number of hydrogen-bond donors (Lipinski definition) is 1. The Balaban J connectivity index is 2.09. The maximum absolute atomic E-state index is 13.3. The summed E-state index contributed by atoms with van der Waals surface area (Å²) in [6, 6.07) is 9.91. The number of halogens is 2. The molecule has 0 aliphatic carbocycles. The summed E-state index contributed by atoms with van der Waals surface area (Å²) in [7, 11) is 1.41. The number of aliphatic hydroxyl groups is 1. The minimum Gasteiger partial charge on any atom is -0.502 e. The van der Waals surface area contributed by atoms with Crippen molar-refractivity contribution in [3.63, 3.8) is 0 Å². The van der Waals surface area contributed by atoms with Crippen LogP contribution in [0.3, 0.4) is 0 Å². The molecule has 0 radical (unpaired) electrons. The number of nitrogens with zero attached hydrogens (tertiary/aromatic N) is 1. The van der Waals surface area contributed by atoms with Gasteiger partial charge in [-0.15, -0.1) is 0 Å². The van der Waals surface area contributed by atoms with E-state index in [2.05, 4.69) is 0 Å². The summed E-state index contributed by atoms with van der Waals surface area (Å²) in [4.78, 5) is 25.7. The molecule has 0 bridgehead atoms. The molecule has 3 rings (SSSR count). The molecule has 1 aliphatic heterocycles. The third-order valence-electron chi connectivity index (χ3n) is 3.60. The van der Waals surface area contributed by atoms with E-state index in [1.54, 1.807) is 24.3 Å². The zero-order valence-electron chi connectivity index (χ0n) is 12.4. The summed E-state index contributed by atoms with van der Waals surface area (Å²) in [5, 5.41) is 9.92. The largest absolute Gasteiger partial charge is 0.502 e. The van der Waals surface area contributed by atoms with E-state index in [0.29, 0.717) is 5.75 Å². The number of carbonyl (C=O) groups is 2. The van der Waals surface area contributed by atoms with Crippen molar-refractivity contribution in [2.45, 2.75) is 0 Å². The molecule has 122 valence electrons. The van der Waals surface area contributed by atoms with Crippen LogP contribution in [0, 0.1) is 5.82 Å². The molecule has 2 aromatic carbocycles. The van der Waals surface area contributed by atoms with Crippen molar-refractivity contribution in [3.05, 3.63) is 64.6 Å². The Hall–Kier alpha value is -2.86. The highest BCUT2D eigenvalue weighted by Crippen LogP contribution is 2.36. The molecule has 0 aromatic heterocycles. The Morgan fingerprint density at radius 3 is 2.50 bits per heavy atom. The number of anilines is 1. The predicted octanol–water partition coefficient (Wildman–Crippen LogP) is 3.33. The SMILES string of the molecule is COc1ccccc1C1=C(O)C(=O)N(c2ccc(F)c(Cl)c2)C1=O. The number of ether oxygens (including phenoxy) is 1. The average molecular weight is 348 g/mol. The number of aliphatic hydroxyl groups excluding tert-OH is 1. The van der Waals surface area contributed by atoms with Gasteiger partial charge in [-0.2, -0.15) is 0 Å². The lowest BCUT2D eigenvalue weighted by atomic mass is 10.0. The van der Waals surface area contributed by atoms with Gasteiger partial charge in [-0.25, -0.2) is 9.29 Å². The molecule has 1 aliphatic rings. The summed E-state index contributed by atoms with van der Waals surface area (Å²) in [5.41, 5.74) is 0.164. The number of benzene rings is 2. The highest BCUT2D eigenvalue weighted by Gasteiger charge is 2.41. The van der Waals surface area contributed by atoms with E-state index in [0.717, 1.165) is 17.0 Å². The van der Waals surface area contributed by atoms with Crippen LogP contribution in [0.1, 0.15) is 5.56 Å². The average Bonchev–Trinajstić information content (AvgIpc) is 2.80. The number of amides is 2. The Labute approximate surface area is 141 Å². The fraction of sp³-hybridized carbons (Fsp3) is 0.0588. The molecule has 0 atom stereocenters. The minimum atomic E-state index is -0.913. The molecule has 7 heteroatoms. The maximum atomic E-state index is 13.3. The first kappa shape index (κ1) is 16.0. The number of methoxy groups -OCH3 is 1. The van der Waals surface area contributed by atoms with Crippen LogP contribution < -0.4 is 9.64 Å². The second kappa shape index (κ2) is 5.98. The minimum absolute atomic E-state index is 0.0628. The van der Waals surface area contributed by atoms with Crippen molar-refractivity contribution in [2.75, 3.05) is 12.0 Å². The van der Waals surface area contributed by atoms with Gasteiger partial charge in [0.25, 0.3) is 5.91 Å². The number of para-hydroxylation sites is 1. The van der Waals surface area contributed by atoms with Gasteiger partial charge in [0.05, 0.1) is 23.4 Å². The Morgan fingerprint density at radius 1 is 1.12 bits per heavy atom. The molecule has 2 aromatic rings. The number of rotatable bonds is 3. The zero-order valence-corrected chi connectivity index (χ0v) is 13.2. The summed E-state index contributed by atoms with van der Waals surface area (Å²) < 4.78 is 18.5. The van der Waals surface area contributed by atoms with Gasteiger partial charge in [0.15, 0.2) is 5.76 Å². The molecular weight excluding hydrogens is 337 g/mol. The van der Waals surface area contributed by atoms with Crippen LogP contribution in [0.15, 0.2) is 48.2 Å². The van der Waals surface area contributed by atoms with Crippen LogP contribution in [0.4, 0.5) is 10.1 Å². The summed E-state index contributed by atoms with van der Waals surface area (Å²) >= 11 is 5.70. The van der Waals surface area contributed by atoms with E-state index in [9.17, 15) is 19.1 Å². The van der Waals surface area contributed by atoms with E-state index in [-0.39, 0.29) is 21.8 Å². The fourth-order valence-corrected chi connectivity index (χ4v) is 2.65. The normalized spacial score (nSPS) is 14.5. The Bertz CT molecular complexity index is 894. The standard InChI is InChI=1S/C17H11ClFNO4/c1-24-13-5-3-2-4-10(13)14-15(21)17(23)20(16(14)22)9-6-7-12(19)11(18)8-9/h2-8,21H,1H3. The van der Waals surface area contributed by atoms with E-state index in [1.165, 1.54) is 13.2 Å². The molecule has 0 fully saturated rings. The van der Waals surface area contributed by atoms with E-state index in [1.807, 2.05) is 0 Å². The third kappa shape index (κ3) is 2.41. The van der Waals surface area contributed by atoms with Crippen LogP contribution in [-0.2, 0) is 9.59 Å². The first-order valence-electron chi connectivity index (χ1n) is 6.86. The third-order valence-corrected chi connectivity index (χ3v) is 3.89. The van der Waals surface area contributed by atoms with Gasteiger partial charge in [0, 0.05) is 5.56 Å². The van der Waals surface area contributed by atoms with Gasteiger partial charge < -0.3 is 9.84 Å². The van der Waals surface area contributed by atoms with Gasteiger partial charge in [0.2, 0.25) is 0 Å². The van der Waals surface area contributed by atoms with E-state index < -0.39 is 23.4 Å². The summed E-state index contributed by atoms with van der Waals surface area (Å²) in [5.74, 6) is -2.71. The molecule has 5 nitrogen and oxygen atoms in total. The second-order valence-corrected chi connectivity index (χ2v) is 5.38. The number of carbonyl (C=O) groups excluding carboxylic acids is 2. The molecule has 2 amide bonds. The molecule has 0 saturated carbocycles. The first-order chi connectivity index (χ1) is 11.5. The van der Waals surface area contributed by atoms with Crippen LogP contribution in [0.2, 0.25) is 5.02 Å². The summed E-state index contributed by atoms with van der Waals surface area (Å²) in [6.45, 7) is 0. The summed E-state index contributed by atoms with van der Waals surface area (Å²) in [6.07, 6.45) is 0. The molecule has 1 heterocycles. The number of hydrogen-bond acceptors (Lipinski definition) is 4. The van der Waals surface area contributed by atoms with Crippen LogP contribution in [-0.4, -0.2) is 24.0 Å². The molecule has 0 saturated heterocycles. The lowest BCUT2D eigenvalue weighted by Gasteiger charge is -2.15. The second-order valence-electron chi connectivity index (χ2n) is 4.97. The molecule has 0 unspecified atom stereocenters. The van der Waals surface area contributed by atoms with Crippen molar-refractivity contribution >= 4 is 34.7 Å². The lowest BCUT2D eigenvalue weighted by molar-refractivity contribution is -0.121. The molecule has 24 heavy (non-hydrogen) atoms. The van der Waals surface area contributed by atoms with Crippen LogP contribution in [0.25, 0.3) is 5.57 Å². The molecular formula is C17H11ClFNO4. The lowest BCUT2D eigenvalue weighted by Crippen LogP contribution is -2.31. The highest BCUT2D eigenvalue weighted by atomic mass is 35.5. The van der Waals surface area contributed by atoms with Gasteiger partial charge in [-0.3, -0.25) is 9.59 Å². The molecule has 1 N–H and O–H groups in total. The maximum Gasteiger partial charge on any atom is 0.301 e. The van der Waals surface area contributed by atoms with Gasteiger partial charge in [-0.1, -0.05) is 29.8 Å². The first-order valence-corrected chi connectivity index (χ1v) is 7.24. The van der Waals surface area contributed by atoms with Crippen LogP contribution >= 0.6 is 11.6 Å². The van der Waals surface area contributed by atoms with Crippen molar-refractivity contribution in [3.8, 4) is 5.75 Å². The topological polar surface area (TPSA) is 66.8 Å². The van der Waals surface area contributed by atoms with Crippen molar-refractivity contribution in [1.29, 1.82) is 0 Å². The monoisotopic (exact) mass is 347 g/mol. The van der Waals surface area contributed by atoms with Gasteiger partial charge in [0.1, 0.15) is 11.6 Å². The Morgan fingerprint density at radius 2 is 1.83 bits per heavy atom. The predicted molar refractivity (Wildman–Crippen MR) is 86.4 cm³/mol. The van der Waals surface area contributed by atoms with Crippen molar-refractivity contribution in [1.82, 2.24) is 0 Å². The van der Waals surface area contributed by atoms with E-state index in [4.69, 9.17) is 16.3 Å². The van der Waals surface area contributed by atoms with Crippen molar-refractivity contribution in [2.24, 2.45) is 0 Å². The fourth-order valence-electron chi connectivity index (χ4n) is 2.47. The van der Waals surface area contributed by atoms with Gasteiger partial charge in [-0.05, 0) is 24.3 Å². The highest BCUT2D eigenvalue weighted by molar-refractivity contribution is 6.45. The zero-order chi connectivity index (χ0) is 17.4. The smallest absolute Gasteiger partial charge is 0.301 e. The molecule has 0 spiro atoms. The van der Waals surface area contributed by atoms with Gasteiger partial charge >= 0.3 is 5.91 Å². The van der Waals surface area contributed by atoms with E-state index >= 15 is 0 Å². The quantitative estimate of drug-likeness (QED) is 0.865. The van der Waals surface area contributed by atoms with Crippen molar-refractivity contribution < 1.29 is 23.8 Å². The number of imide groups is 1. The van der Waals surface area contributed by atoms with Crippen LogP contribution in [0.5, 0.6) is 5.75 Å². The Kier molecular flexibility index (Phi) is 3.99.